The molecule has 0 bridgehead atoms. The fourth-order valence-electron chi connectivity index (χ4n) is 11.1. The van der Waals surface area contributed by atoms with Crippen LogP contribution in [0.3, 0.4) is 0 Å². The highest BCUT2D eigenvalue weighted by Gasteiger charge is 2.86. The Balaban J connectivity index is 1.08. The monoisotopic (exact) mass is 736 g/mol. The van der Waals surface area contributed by atoms with Gasteiger partial charge < -0.3 is 20.1 Å². The average Bonchev–Trinajstić information content (AvgIpc) is 3.89. The molecule has 2 heterocycles. The molecule has 5 fully saturated rings. The molecule has 2 saturated heterocycles. The summed E-state index contributed by atoms with van der Waals surface area (Å²) in [5.41, 5.74) is 11.7. The number of allylic oxidation sites excluding steroid dienone is 3. The van der Waals surface area contributed by atoms with E-state index in [1.165, 1.54) is 37.7 Å². The second kappa shape index (κ2) is 16.5. The number of epoxide rings is 1. The van der Waals surface area contributed by atoms with Gasteiger partial charge in [-0.15, -0.1) is 0 Å². The first-order valence-electron chi connectivity index (χ1n) is 21.1. The van der Waals surface area contributed by atoms with Crippen molar-refractivity contribution in [3.05, 3.63) is 35.5 Å². The van der Waals surface area contributed by atoms with E-state index in [4.69, 9.17) is 20.9 Å². The van der Waals surface area contributed by atoms with Crippen LogP contribution in [0.25, 0.3) is 0 Å². The molecule has 10 atom stereocenters. The van der Waals surface area contributed by atoms with Crippen molar-refractivity contribution in [2.45, 2.75) is 139 Å². The van der Waals surface area contributed by atoms with E-state index in [1.807, 2.05) is 13.0 Å². The summed E-state index contributed by atoms with van der Waals surface area (Å²) in [5, 5.41) is 8.12. The van der Waals surface area contributed by atoms with Crippen LogP contribution in [-0.2, 0) is 23.9 Å². The van der Waals surface area contributed by atoms with Crippen LogP contribution in [0.15, 0.2) is 35.5 Å². The van der Waals surface area contributed by atoms with E-state index in [-0.39, 0.29) is 48.8 Å². The topological polar surface area (TPSA) is 184 Å². The van der Waals surface area contributed by atoms with Crippen LogP contribution >= 0.6 is 0 Å². The van der Waals surface area contributed by atoms with Crippen LogP contribution in [0, 0.1) is 35.5 Å². The van der Waals surface area contributed by atoms with Crippen LogP contribution in [0.2, 0.25) is 0 Å². The Bertz CT molecular complexity index is 1500. The van der Waals surface area contributed by atoms with Gasteiger partial charge in [0.1, 0.15) is 18.8 Å². The summed E-state index contributed by atoms with van der Waals surface area (Å²) in [6, 6.07) is 0.259. The first kappa shape index (κ1) is 38.4. The normalized spacial score (nSPS) is 38.2. The van der Waals surface area contributed by atoms with Gasteiger partial charge in [-0.3, -0.25) is 31.4 Å². The quantitative estimate of drug-likeness (QED) is 0.0416. The summed E-state index contributed by atoms with van der Waals surface area (Å²) in [7, 11) is 1.79. The number of ketones is 2. The van der Waals surface area contributed by atoms with Gasteiger partial charge in [0.15, 0.2) is 17.2 Å². The fraction of sp³-hybridized carbons (Fsp3) is 0.762. The zero-order valence-electron chi connectivity index (χ0n) is 32.3. The van der Waals surface area contributed by atoms with E-state index >= 15 is 0 Å². The van der Waals surface area contributed by atoms with Gasteiger partial charge in [-0.25, -0.2) is 4.79 Å². The van der Waals surface area contributed by atoms with Gasteiger partial charge in [0.2, 0.25) is 0 Å². The summed E-state index contributed by atoms with van der Waals surface area (Å²) in [6.07, 6.45) is 24.6. The number of Topliss-reactive ketones (excluding diaryl/α,β-unsaturated/α-hetero) is 2. The van der Waals surface area contributed by atoms with E-state index in [0.717, 1.165) is 69.5 Å². The predicted molar refractivity (Wildman–Crippen MR) is 202 cm³/mol. The van der Waals surface area contributed by atoms with E-state index in [9.17, 15) is 14.4 Å². The number of hydrogen-bond acceptors (Lipinski definition) is 6. The summed E-state index contributed by atoms with van der Waals surface area (Å²) in [5.74, 6) is 0.334. The maximum atomic E-state index is 14.4. The van der Waals surface area contributed by atoms with Gasteiger partial charge >= 0.3 is 11.9 Å². The number of guanidine groups is 1. The van der Waals surface area contributed by atoms with Crippen LogP contribution in [0.1, 0.15) is 110 Å². The number of nitrogens with one attached hydrogen (secondary N) is 2. The van der Waals surface area contributed by atoms with Crippen LogP contribution in [0.4, 0.5) is 0 Å². The van der Waals surface area contributed by atoms with E-state index in [0.29, 0.717) is 37.1 Å². The summed E-state index contributed by atoms with van der Waals surface area (Å²) in [6.45, 7) is 4.33. The number of hydrogen-bond donors (Lipinski definition) is 6. The number of fused-ring (bicyclic) bond motifs is 3. The number of ether oxygens (including phenoxy) is 2. The van der Waals surface area contributed by atoms with Gasteiger partial charge in [0, 0.05) is 55.3 Å². The predicted octanol–water partition coefficient (Wildman–Crippen LogP) is 0.388. The highest BCUT2D eigenvalue weighted by atomic mass is 16.7. The third kappa shape index (κ3) is 7.82. The molecule has 11 heteroatoms. The molecular weight excluding hydrogens is 668 g/mol. The van der Waals surface area contributed by atoms with Crippen molar-refractivity contribution in [2.75, 3.05) is 26.7 Å². The van der Waals surface area contributed by atoms with Gasteiger partial charge in [-0.1, -0.05) is 55.9 Å². The second-order valence-electron chi connectivity index (χ2n) is 17.7. The molecule has 292 valence electrons. The Morgan fingerprint density at radius 3 is 2.60 bits per heavy atom. The van der Waals surface area contributed by atoms with Crippen molar-refractivity contribution in [1.29, 1.82) is 0 Å². The molecule has 0 amide bonds. The van der Waals surface area contributed by atoms with E-state index in [1.54, 1.807) is 7.05 Å². The number of piperidine rings is 1. The van der Waals surface area contributed by atoms with Crippen molar-refractivity contribution in [1.82, 2.24) is 5.32 Å². The standard InChI is InChI=1S/C42H64N6O5/c1-26(20-35(48-40(44)45-2)30-17-19-46-36(43)23-30)16-18-41-37(49)32-14-8-9-15-33(32)38(50)42(41,53-41)39(51)52-25-31-21-28-12-6-7-13-29(28)22-34(31)47-24-27-10-4-3-5-11-27/h7,13,16,22,27-28,30-36,46-47H,3-6,8-12,14-15,17-21,23-25,43H2,1-2H3,(H3,44,45,48)/p+3. The average molecular weight is 736 g/mol. The Hall–Kier alpha value is -2.86. The van der Waals surface area contributed by atoms with Crippen molar-refractivity contribution in [3.63, 3.8) is 0 Å². The number of rotatable bonds is 12. The van der Waals surface area contributed by atoms with Gasteiger partial charge in [0.25, 0.3) is 5.60 Å². The molecule has 0 spiro atoms. The molecular formula is C42H67N6O5+3. The lowest BCUT2D eigenvalue weighted by atomic mass is 9.61. The lowest BCUT2D eigenvalue weighted by molar-refractivity contribution is -0.699. The molecule has 7 rings (SSSR count). The zero-order chi connectivity index (χ0) is 37.2. The number of quaternary nitrogens is 2. The van der Waals surface area contributed by atoms with Gasteiger partial charge in [-0.05, 0) is 69.4 Å². The molecule has 0 radical (unpaired) electrons. The lowest BCUT2D eigenvalue weighted by Gasteiger charge is -2.37. The summed E-state index contributed by atoms with van der Waals surface area (Å²) in [4.78, 5) is 46.3. The molecule has 2 aliphatic heterocycles. The van der Waals surface area contributed by atoms with Crippen LogP contribution < -0.4 is 32.4 Å². The molecule has 5 aliphatic carbocycles. The molecule has 11 nitrogen and oxygen atoms in total. The molecule has 3 saturated carbocycles. The minimum atomic E-state index is -1.85. The van der Waals surface area contributed by atoms with E-state index < -0.39 is 29.0 Å². The zero-order valence-corrected chi connectivity index (χ0v) is 32.3. The highest BCUT2D eigenvalue weighted by Crippen LogP contribution is 2.61. The number of esters is 1. The third-order valence-corrected chi connectivity index (χ3v) is 14.2. The lowest BCUT2D eigenvalue weighted by Crippen LogP contribution is -2.95. The Morgan fingerprint density at radius 1 is 1.09 bits per heavy atom. The van der Waals surface area contributed by atoms with Crippen LogP contribution in [-0.4, -0.2) is 79.7 Å². The second-order valence-corrected chi connectivity index (χ2v) is 17.7. The summed E-state index contributed by atoms with van der Waals surface area (Å²) >= 11 is 0. The molecule has 53 heavy (non-hydrogen) atoms. The Kier molecular flexibility index (Phi) is 11.9. The van der Waals surface area contributed by atoms with Crippen molar-refractivity contribution < 1.29 is 39.5 Å². The smallest absolute Gasteiger partial charge is 0.350 e. The van der Waals surface area contributed by atoms with Gasteiger partial charge in [0.05, 0.1) is 26.2 Å². The first-order valence-corrected chi connectivity index (χ1v) is 21.1. The van der Waals surface area contributed by atoms with Crippen molar-refractivity contribution in [3.8, 4) is 0 Å². The SMILES string of the molecule is C[NH+]=C(N)NC(CC(C)=CCC12OC1(C(=O)OCC1CC3CCC=CC3=CC1[NH2+]CC1CCCCC1)C(=O)C1CCCCC1C2=O)C1CC[NH2+]C(N)C1. The molecule has 10 unspecified atom stereocenters. The fourth-order valence-corrected chi connectivity index (χ4v) is 11.1. The summed E-state index contributed by atoms with van der Waals surface area (Å²) < 4.78 is 12.6. The third-order valence-electron chi connectivity index (χ3n) is 14.2. The first-order chi connectivity index (χ1) is 25.6. The molecule has 7 aliphatic rings. The van der Waals surface area contributed by atoms with Crippen molar-refractivity contribution in [2.24, 2.45) is 47.0 Å². The number of carbonyl (C=O) groups is 3. The number of nitrogens with two attached hydrogens (primary N) is 4. The maximum Gasteiger partial charge on any atom is 0.350 e. The Labute approximate surface area is 316 Å². The van der Waals surface area contributed by atoms with E-state index in [2.05, 4.69) is 39.2 Å². The minimum Gasteiger partial charge on any atom is -0.463 e. The van der Waals surface area contributed by atoms with Crippen molar-refractivity contribution >= 4 is 23.5 Å². The Morgan fingerprint density at radius 2 is 1.85 bits per heavy atom. The minimum absolute atomic E-state index is 0.0461. The van der Waals surface area contributed by atoms with Crippen LogP contribution in [0.5, 0.6) is 0 Å². The molecule has 10 N–H and O–H groups in total. The maximum absolute atomic E-state index is 14.4. The highest BCUT2D eigenvalue weighted by molar-refractivity contribution is 6.23. The molecule has 0 aromatic heterocycles. The molecule has 0 aromatic rings. The molecule has 0 aromatic carbocycles. The number of carbonyl (C=O) groups excluding carboxylic acids is 3. The van der Waals surface area contributed by atoms with Gasteiger partial charge in [-0.2, -0.15) is 0 Å². The largest absolute Gasteiger partial charge is 0.463 e.